The lowest BCUT2D eigenvalue weighted by molar-refractivity contribution is -0.127. The van der Waals surface area contributed by atoms with Crippen molar-refractivity contribution in [1.82, 2.24) is 0 Å². The average molecular weight is 196 g/mol. The van der Waals surface area contributed by atoms with Gasteiger partial charge in [0.05, 0.1) is 6.10 Å². The summed E-state index contributed by atoms with van der Waals surface area (Å²) in [4.78, 5) is 11.5. The maximum atomic E-state index is 11.5. The second-order valence-electron chi connectivity index (χ2n) is 4.97. The summed E-state index contributed by atoms with van der Waals surface area (Å²) in [6, 6.07) is 0. The molecule has 2 rings (SSSR count). The predicted molar refractivity (Wildman–Crippen MR) is 54.9 cm³/mol. The number of rotatable bonds is 1. The second-order valence-corrected chi connectivity index (χ2v) is 4.97. The van der Waals surface area contributed by atoms with Gasteiger partial charge in [-0.25, -0.2) is 0 Å². The lowest BCUT2D eigenvalue weighted by atomic mass is 9.63. The molecule has 2 aliphatic rings. The van der Waals surface area contributed by atoms with E-state index in [9.17, 15) is 9.90 Å². The number of hydrogen-bond acceptors (Lipinski definition) is 2. The number of carbonyl (C=O) groups excluding carboxylic acids is 1. The van der Waals surface area contributed by atoms with E-state index in [2.05, 4.69) is 0 Å². The highest BCUT2D eigenvalue weighted by Gasteiger charge is 2.40. The SMILES string of the molecule is CC(=O)[C@@H]1CCCC2C1CCC[C@H]2O. The summed E-state index contributed by atoms with van der Waals surface area (Å²) in [5.74, 6) is 1.51. The smallest absolute Gasteiger partial charge is 0.133 e. The zero-order chi connectivity index (χ0) is 10.1. The molecule has 0 aliphatic heterocycles. The summed E-state index contributed by atoms with van der Waals surface area (Å²) >= 11 is 0. The summed E-state index contributed by atoms with van der Waals surface area (Å²) in [6.45, 7) is 1.72. The third kappa shape index (κ3) is 1.72. The van der Waals surface area contributed by atoms with Crippen molar-refractivity contribution in [3.05, 3.63) is 0 Å². The van der Waals surface area contributed by atoms with Crippen LogP contribution in [0.1, 0.15) is 45.4 Å². The summed E-state index contributed by atoms with van der Waals surface area (Å²) in [6.07, 6.45) is 6.40. The Bertz CT molecular complexity index is 224. The number of ketones is 1. The van der Waals surface area contributed by atoms with Crippen molar-refractivity contribution in [3.63, 3.8) is 0 Å². The predicted octanol–water partition coefficient (Wildman–Crippen LogP) is 2.15. The Labute approximate surface area is 85.7 Å². The molecular formula is C12H20O2. The first kappa shape index (κ1) is 10.2. The Kier molecular flexibility index (Phi) is 2.91. The number of carbonyl (C=O) groups is 1. The van der Waals surface area contributed by atoms with Gasteiger partial charge in [0.25, 0.3) is 0 Å². The third-order valence-electron chi connectivity index (χ3n) is 4.17. The van der Waals surface area contributed by atoms with E-state index in [0.29, 0.717) is 17.6 Å². The van der Waals surface area contributed by atoms with Gasteiger partial charge in [-0.3, -0.25) is 4.79 Å². The van der Waals surface area contributed by atoms with Crippen molar-refractivity contribution in [2.24, 2.45) is 17.8 Å². The number of hydrogen-bond donors (Lipinski definition) is 1. The fraction of sp³-hybridized carbons (Fsp3) is 0.917. The first-order chi connectivity index (χ1) is 6.70. The minimum atomic E-state index is -0.129. The highest BCUT2D eigenvalue weighted by molar-refractivity contribution is 5.78. The quantitative estimate of drug-likeness (QED) is 0.697. The molecule has 4 atom stereocenters. The number of aliphatic hydroxyl groups excluding tert-OH is 1. The van der Waals surface area contributed by atoms with Crippen LogP contribution in [0.15, 0.2) is 0 Å². The highest BCUT2D eigenvalue weighted by atomic mass is 16.3. The molecule has 2 unspecified atom stereocenters. The monoisotopic (exact) mass is 196 g/mol. The Morgan fingerprint density at radius 2 is 1.71 bits per heavy atom. The van der Waals surface area contributed by atoms with Crippen molar-refractivity contribution >= 4 is 5.78 Å². The number of aliphatic hydroxyl groups is 1. The third-order valence-corrected chi connectivity index (χ3v) is 4.17. The van der Waals surface area contributed by atoms with Gasteiger partial charge in [-0.2, -0.15) is 0 Å². The molecule has 0 saturated heterocycles. The van der Waals surface area contributed by atoms with Crippen LogP contribution in [0.5, 0.6) is 0 Å². The Morgan fingerprint density at radius 3 is 2.43 bits per heavy atom. The lowest BCUT2D eigenvalue weighted by Gasteiger charge is -2.43. The van der Waals surface area contributed by atoms with E-state index in [1.54, 1.807) is 6.92 Å². The summed E-state index contributed by atoms with van der Waals surface area (Å²) < 4.78 is 0. The molecule has 14 heavy (non-hydrogen) atoms. The number of fused-ring (bicyclic) bond motifs is 1. The van der Waals surface area contributed by atoms with Crippen LogP contribution in [-0.2, 0) is 4.79 Å². The van der Waals surface area contributed by atoms with Gasteiger partial charge >= 0.3 is 0 Å². The molecule has 2 nitrogen and oxygen atoms in total. The summed E-state index contributed by atoms with van der Waals surface area (Å²) in [5, 5.41) is 9.89. The molecule has 0 aromatic heterocycles. The molecule has 0 spiro atoms. The molecule has 2 aliphatic carbocycles. The van der Waals surface area contributed by atoms with E-state index in [0.717, 1.165) is 38.5 Å². The van der Waals surface area contributed by atoms with E-state index < -0.39 is 0 Å². The van der Waals surface area contributed by atoms with Gasteiger partial charge in [-0.05, 0) is 44.4 Å². The fourth-order valence-corrected chi connectivity index (χ4v) is 3.47. The molecule has 2 fully saturated rings. The largest absolute Gasteiger partial charge is 0.393 e. The molecule has 0 radical (unpaired) electrons. The minimum absolute atomic E-state index is 0.129. The van der Waals surface area contributed by atoms with Crippen LogP contribution >= 0.6 is 0 Å². The van der Waals surface area contributed by atoms with Crippen molar-refractivity contribution in [2.75, 3.05) is 0 Å². The van der Waals surface area contributed by atoms with E-state index in [1.807, 2.05) is 0 Å². The van der Waals surface area contributed by atoms with Crippen LogP contribution in [0.25, 0.3) is 0 Å². The molecule has 0 aromatic carbocycles. The lowest BCUT2D eigenvalue weighted by Crippen LogP contribution is -2.41. The molecule has 0 amide bonds. The van der Waals surface area contributed by atoms with Gasteiger partial charge in [0, 0.05) is 5.92 Å². The normalized spacial score (nSPS) is 43.0. The van der Waals surface area contributed by atoms with Crippen LogP contribution in [0.2, 0.25) is 0 Å². The molecular weight excluding hydrogens is 176 g/mol. The zero-order valence-corrected chi connectivity index (χ0v) is 8.91. The van der Waals surface area contributed by atoms with Gasteiger partial charge in [0.1, 0.15) is 5.78 Å². The Hall–Kier alpha value is -0.370. The van der Waals surface area contributed by atoms with Crippen molar-refractivity contribution < 1.29 is 9.90 Å². The van der Waals surface area contributed by atoms with E-state index in [1.165, 1.54) is 0 Å². The molecule has 2 saturated carbocycles. The number of Topliss-reactive ketones (excluding diaryl/α,β-unsaturated/α-hetero) is 1. The molecule has 0 bridgehead atoms. The fourth-order valence-electron chi connectivity index (χ4n) is 3.47. The minimum Gasteiger partial charge on any atom is -0.393 e. The topological polar surface area (TPSA) is 37.3 Å². The summed E-state index contributed by atoms with van der Waals surface area (Å²) in [5.41, 5.74) is 0. The van der Waals surface area contributed by atoms with Gasteiger partial charge in [0.15, 0.2) is 0 Å². The molecule has 0 heterocycles. The zero-order valence-electron chi connectivity index (χ0n) is 8.91. The first-order valence-corrected chi connectivity index (χ1v) is 5.88. The van der Waals surface area contributed by atoms with Crippen LogP contribution in [0.4, 0.5) is 0 Å². The Balaban J connectivity index is 2.11. The highest BCUT2D eigenvalue weighted by Crippen LogP contribution is 2.44. The van der Waals surface area contributed by atoms with Gasteiger partial charge < -0.3 is 5.11 Å². The second kappa shape index (κ2) is 4.01. The van der Waals surface area contributed by atoms with Gasteiger partial charge in [0.2, 0.25) is 0 Å². The molecule has 1 N–H and O–H groups in total. The van der Waals surface area contributed by atoms with E-state index >= 15 is 0 Å². The summed E-state index contributed by atoms with van der Waals surface area (Å²) in [7, 11) is 0. The van der Waals surface area contributed by atoms with E-state index in [-0.39, 0.29) is 12.0 Å². The first-order valence-electron chi connectivity index (χ1n) is 5.88. The average Bonchev–Trinajstić information content (AvgIpc) is 2.17. The maximum Gasteiger partial charge on any atom is 0.133 e. The van der Waals surface area contributed by atoms with Crippen LogP contribution < -0.4 is 0 Å². The van der Waals surface area contributed by atoms with Crippen LogP contribution in [0.3, 0.4) is 0 Å². The molecule has 2 heteroatoms. The van der Waals surface area contributed by atoms with Crippen LogP contribution in [-0.4, -0.2) is 17.0 Å². The van der Waals surface area contributed by atoms with Crippen molar-refractivity contribution in [1.29, 1.82) is 0 Å². The Morgan fingerprint density at radius 1 is 1.07 bits per heavy atom. The maximum absolute atomic E-state index is 11.5. The van der Waals surface area contributed by atoms with Crippen molar-refractivity contribution in [3.8, 4) is 0 Å². The van der Waals surface area contributed by atoms with E-state index in [4.69, 9.17) is 0 Å². The van der Waals surface area contributed by atoms with Gasteiger partial charge in [-0.15, -0.1) is 0 Å². The standard InChI is InChI=1S/C12H20O2/c1-8(13)9-4-2-6-11-10(9)5-3-7-12(11)14/h9-12,14H,2-7H2,1H3/t9-,10?,11?,12+/m0/s1. The van der Waals surface area contributed by atoms with Gasteiger partial charge in [-0.1, -0.05) is 12.8 Å². The molecule has 0 aromatic rings. The van der Waals surface area contributed by atoms with Crippen LogP contribution in [0, 0.1) is 17.8 Å². The molecule has 80 valence electrons. The van der Waals surface area contributed by atoms with Crippen molar-refractivity contribution in [2.45, 2.75) is 51.6 Å².